The van der Waals surface area contributed by atoms with E-state index in [-0.39, 0.29) is 5.97 Å². The molecule has 7 heteroatoms. The van der Waals surface area contributed by atoms with E-state index in [0.717, 1.165) is 45.9 Å². The number of rotatable bonds is 11. The average molecular weight is 345 g/mol. The summed E-state index contributed by atoms with van der Waals surface area (Å²) in [6.45, 7) is 14.8. The minimum absolute atomic E-state index is 0.201. The zero-order valence-electron chi connectivity index (χ0n) is 15.6. The van der Waals surface area contributed by atoms with Crippen molar-refractivity contribution in [2.24, 2.45) is 5.73 Å². The SMILES string of the molecule is CC(C)(C)OC(=O)CCOCCN1CCN(CCOCCN)CC1. The molecule has 0 spiro atoms. The molecule has 24 heavy (non-hydrogen) atoms. The largest absolute Gasteiger partial charge is 0.460 e. The zero-order chi connectivity index (χ0) is 17.8. The summed E-state index contributed by atoms with van der Waals surface area (Å²) in [6, 6.07) is 0. The van der Waals surface area contributed by atoms with Crippen molar-refractivity contribution in [2.45, 2.75) is 32.8 Å². The van der Waals surface area contributed by atoms with E-state index in [0.29, 0.717) is 32.8 Å². The van der Waals surface area contributed by atoms with Gasteiger partial charge in [-0.05, 0) is 20.8 Å². The molecule has 142 valence electrons. The maximum atomic E-state index is 11.6. The average Bonchev–Trinajstić information content (AvgIpc) is 2.51. The van der Waals surface area contributed by atoms with Gasteiger partial charge in [-0.15, -0.1) is 0 Å². The Morgan fingerprint density at radius 3 is 1.88 bits per heavy atom. The fourth-order valence-corrected chi connectivity index (χ4v) is 2.46. The molecule has 1 aliphatic rings. The van der Waals surface area contributed by atoms with Crippen LogP contribution in [0.1, 0.15) is 27.2 Å². The van der Waals surface area contributed by atoms with Gasteiger partial charge in [0.15, 0.2) is 0 Å². The Morgan fingerprint density at radius 1 is 0.917 bits per heavy atom. The van der Waals surface area contributed by atoms with E-state index in [2.05, 4.69) is 9.80 Å². The van der Waals surface area contributed by atoms with Crippen LogP contribution in [0, 0.1) is 0 Å². The first-order valence-corrected chi connectivity index (χ1v) is 8.93. The summed E-state index contributed by atoms with van der Waals surface area (Å²) >= 11 is 0. The second kappa shape index (κ2) is 11.8. The smallest absolute Gasteiger partial charge is 0.308 e. The lowest BCUT2D eigenvalue weighted by Crippen LogP contribution is -2.48. The van der Waals surface area contributed by atoms with Gasteiger partial charge in [-0.1, -0.05) is 0 Å². The van der Waals surface area contributed by atoms with Gasteiger partial charge >= 0.3 is 5.97 Å². The highest BCUT2D eigenvalue weighted by Crippen LogP contribution is 2.08. The fourth-order valence-electron chi connectivity index (χ4n) is 2.46. The molecule has 0 aromatic carbocycles. The molecule has 0 atom stereocenters. The lowest BCUT2D eigenvalue weighted by molar-refractivity contribution is -0.156. The third-order valence-corrected chi connectivity index (χ3v) is 3.70. The van der Waals surface area contributed by atoms with Crippen LogP contribution >= 0.6 is 0 Å². The predicted molar refractivity (Wildman–Crippen MR) is 94.0 cm³/mol. The molecule has 0 amide bonds. The Bertz CT molecular complexity index is 339. The number of nitrogens with two attached hydrogens (primary N) is 1. The van der Waals surface area contributed by atoms with E-state index in [9.17, 15) is 4.79 Å². The lowest BCUT2D eigenvalue weighted by atomic mass is 10.2. The molecular formula is C17H35N3O4. The van der Waals surface area contributed by atoms with Crippen LogP contribution in [-0.4, -0.2) is 93.6 Å². The molecule has 0 aromatic heterocycles. The van der Waals surface area contributed by atoms with Crippen LogP contribution in [0.3, 0.4) is 0 Å². The number of carbonyl (C=O) groups is 1. The third-order valence-electron chi connectivity index (χ3n) is 3.70. The summed E-state index contributed by atoms with van der Waals surface area (Å²) in [5.41, 5.74) is 4.97. The zero-order valence-corrected chi connectivity index (χ0v) is 15.6. The molecule has 0 unspecified atom stereocenters. The van der Waals surface area contributed by atoms with Gasteiger partial charge < -0.3 is 19.9 Å². The Labute approximate surface area is 146 Å². The maximum absolute atomic E-state index is 11.6. The highest BCUT2D eigenvalue weighted by molar-refractivity contribution is 5.69. The second-order valence-corrected chi connectivity index (χ2v) is 7.03. The van der Waals surface area contributed by atoms with Gasteiger partial charge in [0.2, 0.25) is 0 Å². The minimum Gasteiger partial charge on any atom is -0.460 e. The third kappa shape index (κ3) is 10.9. The van der Waals surface area contributed by atoms with Crippen LogP contribution in [0.5, 0.6) is 0 Å². The topological polar surface area (TPSA) is 77.3 Å². The van der Waals surface area contributed by atoms with Crippen molar-refractivity contribution in [3.05, 3.63) is 0 Å². The van der Waals surface area contributed by atoms with Crippen molar-refractivity contribution in [3.63, 3.8) is 0 Å². The van der Waals surface area contributed by atoms with E-state index in [1.54, 1.807) is 0 Å². The quantitative estimate of drug-likeness (QED) is 0.427. The van der Waals surface area contributed by atoms with Crippen LogP contribution in [0.25, 0.3) is 0 Å². The molecule has 1 aliphatic heterocycles. The number of hydrogen-bond acceptors (Lipinski definition) is 7. The molecule has 0 saturated carbocycles. The molecule has 2 N–H and O–H groups in total. The number of hydrogen-bond donors (Lipinski definition) is 1. The fraction of sp³-hybridized carbons (Fsp3) is 0.941. The molecule has 1 heterocycles. The number of esters is 1. The Morgan fingerprint density at radius 2 is 1.42 bits per heavy atom. The van der Waals surface area contributed by atoms with E-state index in [1.807, 2.05) is 20.8 Å². The van der Waals surface area contributed by atoms with Crippen LogP contribution in [0.15, 0.2) is 0 Å². The van der Waals surface area contributed by atoms with Gasteiger partial charge in [0.05, 0.1) is 32.8 Å². The molecule has 1 fully saturated rings. The summed E-state index contributed by atoms with van der Waals surface area (Å²) in [5, 5.41) is 0. The first kappa shape index (κ1) is 21.3. The first-order chi connectivity index (χ1) is 11.4. The maximum Gasteiger partial charge on any atom is 0.308 e. The monoisotopic (exact) mass is 345 g/mol. The van der Waals surface area contributed by atoms with Gasteiger partial charge in [-0.2, -0.15) is 0 Å². The molecular weight excluding hydrogens is 310 g/mol. The van der Waals surface area contributed by atoms with Crippen molar-refractivity contribution in [2.75, 3.05) is 72.2 Å². The molecule has 0 bridgehead atoms. The Kier molecular flexibility index (Phi) is 10.4. The summed E-state index contributed by atoms with van der Waals surface area (Å²) in [6.07, 6.45) is 0.313. The van der Waals surface area contributed by atoms with Crippen molar-refractivity contribution >= 4 is 5.97 Å². The van der Waals surface area contributed by atoms with Gasteiger partial charge in [0, 0.05) is 45.8 Å². The van der Waals surface area contributed by atoms with Gasteiger partial charge in [0.1, 0.15) is 5.60 Å². The summed E-state index contributed by atoms with van der Waals surface area (Å²) in [7, 11) is 0. The van der Waals surface area contributed by atoms with Crippen LogP contribution in [-0.2, 0) is 19.0 Å². The predicted octanol–water partition coefficient (Wildman–Crippen LogP) is 0.328. The molecule has 0 radical (unpaired) electrons. The van der Waals surface area contributed by atoms with Crippen molar-refractivity contribution in [1.29, 1.82) is 0 Å². The standard InChI is InChI=1S/C17H35N3O4/c1-17(2,3)24-16(21)4-12-22-14-10-19-6-8-20(9-7-19)11-15-23-13-5-18/h4-15,18H2,1-3H3. The molecule has 7 nitrogen and oxygen atoms in total. The Hall–Kier alpha value is -0.730. The number of nitrogens with zero attached hydrogens (tertiary/aromatic N) is 2. The van der Waals surface area contributed by atoms with Gasteiger partial charge in [-0.25, -0.2) is 0 Å². The molecule has 0 aliphatic carbocycles. The highest BCUT2D eigenvalue weighted by Gasteiger charge is 2.17. The molecule has 1 saturated heterocycles. The van der Waals surface area contributed by atoms with Crippen LogP contribution in [0.2, 0.25) is 0 Å². The van der Waals surface area contributed by atoms with E-state index < -0.39 is 5.60 Å². The van der Waals surface area contributed by atoms with Crippen molar-refractivity contribution < 1.29 is 19.0 Å². The number of ether oxygens (including phenoxy) is 3. The number of piperazine rings is 1. The lowest BCUT2D eigenvalue weighted by Gasteiger charge is -2.34. The Balaban J connectivity index is 1.97. The van der Waals surface area contributed by atoms with Crippen LogP contribution in [0.4, 0.5) is 0 Å². The molecule has 0 aromatic rings. The van der Waals surface area contributed by atoms with Crippen molar-refractivity contribution in [3.8, 4) is 0 Å². The van der Waals surface area contributed by atoms with Gasteiger partial charge in [-0.3, -0.25) is 14.6 Å². The minimum atomic E-state index is -0.424. The first-order valence-electron chi connectivity index (χ1n) is 8.93. The highest BCUT2D eigenvalue weighted by atomic mass is 16.6. The second-order valence-electron chi connectivity index (χ2n) is 7.03. The summed E-state index contributed by atoms with van der Waals surface area (Å²) in [4.78, 5) is 16.4. The van der Waals surface area contributed by atoms with Crippen LogP contribution < -0.4 is 5.73 Å². The van der Waals surface area contributed by atoms with Crippen molar-refractivity contribution in [1.82, 2.24) is 9.80 Å². The molecule has 1 rings (SSSR count). The van der Waals surface area contributed by atoms with E-state index in [1.165, 1.54) is 0 Å². The normalized spacial score (nSPS) is 17.2. The van der Waals surface area contributed by atoms with E-state index in [4.69, 9.17) is 19.9 Å². The van der Waals surface area contributed by atoms with E-state index >= 15 is 0 Å². The summed E-state index contributed by atoms with van der Waals surface area (Å²) in [5.74, 6) is -0.201. The van der Waals surface area contributed by atoms with Gasteiger partial charge in [0.25, 0.3) is 0 Å². The summed E-state index contributed by atoms with van der Waals surface area (Å²) < 4.78 is 16.2. The number of carbonyl (C=O) groups excluding carboxylic acids is 1.